The van der Waals surface area contributed by atoms with Crippen LogP contribution in [-0.2, 0) is 0 Å². The van der Waals surface area contributed by atoms with Crippen LogP contribution in [0.2, 0.25) is 0 Å². The Morgan fingerprint density at radius 1 is 1.35 bits per heavy atom. The highest BCUT2D eigenvalue weighted by Crippen LogP contribution is 2.32. The monoisotopic (exact) mass is 247 g/mol. The Morgan fingerprint density at radius 3 is 2.65 bits per heavy atom. The lowest BCUT2D eigenvalue weighted by Gasteiger charge is -2.03. The van der Waals surface area contributed by atoms with Crippen molar-refractivity contribution >= 4 is 28.1 Å². The van der Waals surface area contributed by atoms with E-state index in [0.717, 1.165) is 33.6 Å². The summed E-state index contributed by atoms with van der Waals surface area (Å²) < 4.78 is 5.74. The Labute approximate surface area is 106 Å². The number of nitrogens with zero attached hydrogens (tertiary/aromatic N) is 1. The molecular formula is C14H14ClNO. The first-order chi connectivity index (χ1) is 7.99. The van der Waals surface area contributed by atoms with Crippen molar-refractivity contribution in [2.45, 2.75) is 20.8 Å². The number of rotatable bonds is 2. The van der Waals surface area contributed by atoms with Gasteiger partial charge in [-0.05, 0) is 32.9 Å². The van der Waals surface area contributed by atoms with E-state index in [-0.39, 0.29) is 0 Å². The Morgan fingerprint density at radius 2 is 2.06 bits per heavy atom. The minimum atomic E-state index is 0.494. The van der Waals surface area contributed by atoms with Gasteiger partial charge in [-0.3, -0.25) is 4.98 Å². The van der Waals surface area contributed by atoms with Crippen LogP contribution in [0.3, 0.4) is 0 Å². The summed E-state index contributed by atoms with van der Waals surface area (Å²) in [5.41, 5.74) is 3.67. The number of pyridine rings is 1. The average molecular weight is 248 g/mol. The molecule has 0 amide bonds. The van der Waals surface area contributed by atoms with Crippen LogP contribution in [0, 0.1) is 6.92 Å². The van der Waals surface area contributed by atoms with Gasteiger partial charge in [0.1, 0.15) is 5.76 Å². The lowest BCUT2D eigenvalue weighted by Crippen LogP contribution is -1.83. The smallest absolute Gasteiger partial charge is 0.153 e. The van der Waals surface area contributed by atoms with E-state index in [1.807, 2.05) is 32.9 Å². The van der Waals surface area contributed by atoms with E-state index in [0.29, 0.717) is 5.03 Å². The first-order valence-corrected chi connectivity index (χ1v) is 5.75. The molecular weight excluding hydrogens is 234 g/mol. The molecule has 0 N–H and O–H groups in total. The molecule has 0 spiro atoms. The van der Waals surface area contributed by atoms with Crippen LogP contribution < -0.4 is 0 Å². The van der Waals surface area contributed by atoms with Gasteiger partial charge in [0.2, 0.25) is 0 Å². The second kappa shape index (κ2) is 4.38. The molecule has 0 aromatic carbocycles. The maximum atomic E-state index is 6.00. The molecule has 17 heavy (non-hydrogen) atoms. The molecule has 0 saturated heterocycles. The van der Waals surface area contributed by atoms with E-state index in [1.165, 1.54) is 0 Å². The van der Waals surface area contributed by atoms with Gasteiger partial charge in [0.15, 0.2) is 5.58 Å². The number of allylic oxidation sites excluding steroid dienone is 3. The number of fused-ring (bicyclic) bond motifs is 1. The van der Waals surface area contributed by atoms with Gasteiger partial charge >= 0.3 is 0 Å². The quantitative estimate of drug-likeness (QED) is 0.720. The molecule has 0 atom stereocenters. The lowest BCUT2D eigenvalue weighted by atomic mass is 10.1. The maximum absolute atomic E-state index is 6.00. The number of furan rings is 1. The van der Waals surface area contributed by atoms with Gasteiger partial charge in [0.25, 0.3) is 0 Å². The van der Waals surface area contributed by atoms with Crippen LogP contribution in [0.15, 0.2) is 39.9 Å². The van der Waals surface area contributed by atoms with E-state index >= 15 is 0 Å². The highest BCUT2D eigenvalue weighted by molar-refractivity contribution is 6.36. The van der Waals surface area contributed by atoms with E-state index < -0.39 is 0 Å². The largest absolute Gasteiger partial charge is 0.454 e. The number of hydrogen-bond donors (Lipinski definition) is 0. The van der Waals surface area contributed by atoms with Crippen LogP contribution in [0.1, 0.15) is 25.3 Å². The Hall–Kier alpha value is -1.54. The van der Waals surface area contributed by atoms with Gasteiger partial charge < -0.3 is 4.42 Å². The first-order valence-electron chi connectivity index (χ1n) is 5.38. The predicted molar refractivity (Wildman–Crippen MR) is 72.0 cm³/mol. The van der Waals surface area contributed by atoms with E-state index in [4.69, 9.17) is 16.0 Å². The average Bonchev–Trinajstić information content (AvgIpc) is 2.58. The molecule has 3 heteroatoms. The molecule has 2 heterocycles. The normalized spacial score (nSPS) is 10.6. The maximum Gasteiger partial charge on any atom is 0.153 e. The molecule has 0 unspecified atom stereocenters. The summed E-state index contributed by atoms with van der Waals surface area (Å²) in [6, 6.07) is 3.96. The fourth-order valence-electron chi connectivity index (χ4n) is 1.83. The van der Waals surface area contributed by atoms with E-state index in [9.17, 15) is 0 Å². The summed E-state index contributed by atoms with van der Waals surface area (Å²) in [4.78, 5) is 4.20. The third kappa shape index (κ3) is 2.27. The van der Waals surface area contributed by atoms with Crippen molar-refractivity contribution in [1.82, 2.24) is 4.98 Å². The van der Waals surface area contributed by atoms with Gasteiger partial charge in [-0.1, -0.05) is 23.8 Å². The van der Waals surface area contributed by atoms with Crippen LogP contribution in [0.5, 0.6) is 0 Å². The summed E-state index contributed by atoms with van der Waals surface area (Å²) in [6.45, 7) is 9.70. The van der Waals surface area contributed by atoms with Gasteiger partial charge in [-0.25, -0.2) is 0 Å². The van der Waals surface area contributed by atoms with Crippen molar-refractivity contribution in [1.29, 1.82) is 0 Å². The third-order valence-corrected chi connectivity index (χ3v) is 2.75. The molecule has 0 saturated carbocycles. The van der Waals surface area contributed by atoms with Crippen molar-refractivity contribution in [2.24, 2.45) is 0 Å². The molecule has 0 bridgehead atoms. The minimum absolute atomic E-state index is 0.494. The zero-order valence-electron chi connectivity index (χ0n) is 10.2. The highest BCUT2D eigenvalue weighted by Gasteiger charge is 2.12. The van der Waals surface area contributed by atoms with Crippen molar-refractivity contribution < 1.29 is 4.42 Å². The fourth-order valence-corrected chi connectivity index (χ4v) is 2.11. The zero-order valence-corrected chi connectivity index (χ0v) is 10.9. The molecule has 2 aromatic rings. The van der Waals surface area contributed by atoms with Crippen molar-refractivity contribution in [2.75, 3.05) is 0 Å². The van der Waals surface area contributed by atoms with Gasteiger partial charge in [0, 0.05) is 21.7 Å². The minimum Gasteiger partial charge on any atom is -0.454 e. The summed E-state index contributed by atoms with van der Waals surface area (Å²) >= 11 is 6.00. The van der Waals surface area contributed by atoms with Gasteiger partial charge in [-0.15, -0.1) is 0 Å². The Bertz CT molecular complexity index is 618. The van der Waals surface area contributed by atoms with Crippen molar-refractivity contribution in [3.05, 3.63) is 47.0 Å². The van der Waals surface area contributed by atoms with Crippen molar-refractivity contribution in [3.63, 3.8) is 0 Å². The van der Waals surface area contributed by atoms with Crippen LogP contribution in [0.25, 0.3) is 16.5 Å². The molecule has 2 aromatic heterocycles. The zero-order chi connectivity index (χ0) is 12.6. The molecule has 2 nitrogen and oxygen atoms in total. The van der Waals surface area contributed by atoms with E-state index in [2.05, 4.69) is 11.6 Å². The lowest BCUT2D eigenvalue weighted by molar-refractivity contribution is 0.598. The van der Waals surface area contributed by atoms with E-state index in [1.54, 1.807) is 6.20 Å². The second-order valence-electron chi connectivity index (χ2n) is 4.25. The number of halogens is 1. The van der Waals surface area contributed by atoms with Crippen LogP contribution >= 0.6 is 11.6 Å². The number of aryl methyl sites for hydroxylation is 1. The Balaban J connectivity index is 2.64. The number of hydrogen-bond acceptors (Lipinski definition) is 2. The molecule has 0 aliphatic rings. The second-order valence-corrected chi connectivity index (χ2v) is 4.71. The summed E-state index contributed by atoms with van der Waals surface area (Å²) in [7, 11) is 0. The molecule has 88 valence electrons. The molecule has 0 radical (unpaired) electrons. The van der Waals surface area contributed by atoms with Crippen LogP contribution in [-0.4, -0.2) is 4.98 Å². The van der Waals surface area contributed by atoms with Crippen molar-refractivity contribution in [3.8, 4) is 0 Å². The standard InChI is InChI=1S/C14H14ClNO/c1-8(2)14(10(4)15)12-6-11-5-9(3)16-7-13(11)17-12/h5-7H,4H2,1-3H3. The Kier molecular flexibility index (Phi) is 3.07. The van der Waals surface area contributed by atoms with Gasteiger partial charge in [0.05, 0.1) is 6.20 Å². The topological polar surface area (TPSA) is 26.0 Å². The SMILES string of the molecule is C=C(Cl)C(=C(C)C)c1cc2cc(C)ncc2o1. The molecule has 2 rings (SSSR count). The van der Waals surface area contributed by atoms with Crippen LogP contribution in [0.4, 0.5) is 0 Å². The van der Waals surface area contributed by atoms with Gasteiger partial charge in [-0.2, -0.15) is 0 Å². The predicted octanol–water partition coefficient (Wildman–Crippen LogP) is 4.68. The molecule has 0 aliphatic heterocycles. The molecule has 0 fully saturated rings. The summed E-state index contributed by atoms with van der Waals surface area (Å²) in [6.07, 6.45) is 1.73. The highest BCUT2D eigenvalue weighted by atomic mass is 35.5. The fraction of sp³-hybridized carbons (Fsp3) is 0.214. The third-order valence-electron chi connectivity index (χ3n) is 2.56. The summed E-state index contributed by atoms with van der Waals surface area (Å²) in [5.74, 6) is 0.743. The first kappa shape index (κ1) is 11.9. The molecule has 0 aliphatic carbocycles. The number of aromatic nitrogens is 1. The summed E-state index contributed by atoms with van der Waals surface area (Å²) in [5, 5.41) is 1.53.